The summed E-state index contributed by atoms with van der Waals surface area (Å²) in [7, 11) is 0. The zero-order valence-electron chi connectivity index (χ0n) is 17.6. The van der Waals surface area contributed by atoms with Crippen LogP contribution in [-0.2, 0) is 4.74 Å². The van der Waals surface area contributed by atoms with E-state index in [1.165, 1.54) is 10.6 Å². The fraction of sp³-hybridized carbons (Fsp3) is 0.522. The van der Waals surface area contributed by atoms with Gasteiger partial charge in [0.15, 0.2) is 5.96 Å². The Bertz CT molecular complexity index is 763. The number of guanidine groups is 1. The number of benzene rings is 1. The van der Waals surface area contributed by atoms with E-state index in [1.807, 2.05) is 11.3 Å². The summed E-state index contributed by atoms with van der Waals surface area (Å²) >= 11 is 1.83. The number of aliphatic imine (C=N–C) groups is 1. The molecule has 2 saturated heterocycles. The smallest absolute Gasteiger partial charge is 0.191 e. The number of piperidine rings is 1. The molecule has 5 nitrogen and oxygen atoms in total. The number of hydrogen-bond donors (Lipinski definition) is 2. The summed E-state index contributed by atoms with van der Waals surface area (Å²) in [4.78, 5) is 7.43. The summed E-state index contributed by atoms with van der Waals surface area (Å²) in [6.07, 6.45) is 3.52. The number of ether oxygens (including phenoxy) is 1. The zero-order chi connectivity index (χ0) is 19.9. The Kier molecular flexibility index (Phi) is 9.27. The molecule has 2 aliphatic heterocycles. The number of rotatable bonds is 6. The van der Waals surface area contributed by atoms with E-state index in [0.29, 0.717) is 12.0 Å². The highest BCUT2D eigenvalue weighted by atomic mass is 127. The van der Waals surface area contributed by atoms with Crippen LogP contribution in [0.2, 0.25) is 0 Å². The predicted molar refractivity (Wildman–Crippen MR) is 137 cm³/mol. The standard InChI is InChI=1S/C23H32N4OS.HI/c1-2-24-23(26-20-10-13-27(14-11-20)21-9-6-16-29-21)25-17-19-12-15-28-22(19)18-7-4-3-5-8-18;/h3-9,16,19-20,22H,2,10-15,17H2,1H3,(H2,24,25,26);1H. The normalized spacial score (nSPS) is 22.6. The van der Waals surface area contributed by atoms with Crippen LogP contribution < -0.4 is 15.5 Å². The molecule has 7 heteroatoms. The molecule has 2 fully saturated rings. The van der Waals surface area contributed by atoms with Crippen LogP contribution in [0.4, 0.5) is 5.00 Å². The van der Waals surface area contributed by atoms with Crippen molar-refractivity contribution in [1.29, 1.82) is 0 Å². The maximum absolute atomic E-state index is 6.03. The number of nitrogens with zero attached hydrogens (tertiary/aromatic N) is 2. The summed E-state index contributed by atoms with van der Waals surface area (Å²) in [5, 5.41) is 10.7. The summed E-state index contributed by atoms with van der Waals surface area (Å²) < 4.78 is 6.03. The second-order valence-corrected chi connectivity index (χ2v) is 8.75. The summed E-state index contributed by atoms with van der Waals surface area (Å²) in [5.41, 5.74) is 1.27. The van der Waals surface area contributed by atoms with Crippen LogP contribution in [0.5, 0.6) is 0 Å². The SMILES string of the molecule is CCNC(=NCC1CCOC1c1ccccc1)NC1CCN(c2cccs2)CC1.I. The topological polar surface area (TPSA) is 48.9 Å². The van der Waals surface area contributed by atoms with Gasteiger partial charge in [-0.3, -0.25) is 4.99 Å². The number of nitrogens with one attached hydrogen (secondary N) is 2. The lowest BCUT2D eigenvalue weighted by Gasteiger charge is -2.33. The minimum Gasteiger partial charge on any atom is -0.373 e. The summed E-state index contributed by atoms with van der Waals surface area (Å²) in [6.45, 7) is 6.83. The fourth-order valence-electron chi connectivity index (χ4n) is 4.25. The second-order valence-electron chi connectivity index (χ2n) is 7.83. The molecule has 2 unspecified atom stereocenters. The minimum absolute atomic E-state index is 0. The molecular weight excluding hydrogens is 507 g/mol. The molecule has 1 aromatic heterocycles. The predicted octanol–water partition coefficient (Wildman–Crippen LogP) is 4.67. The average molecular weight is 541 g/mol. The van der Waals surface area contributed by atoms with Gasteiger partial charge in [-0.1, -0.05) is 30.3 Å². The van der Waals surface area contributed by atoms with E-state index in [9.17, 15) is 0 Å². The Morgan fingerprint density at radius 1 is 1.13 bits per heavy atom. The highest BCUT2D eigenvalue weighted by molar-refractivity contribution is 14.0. The Morgan fingerprint density at radius 3 is 2.63 bits per heavy atom. The van der Waals surface area contributed by atoms with Crippen molar-refractivity contribution >= 4 is 46.3 Å². The van der Waals surface area contributed by atoms with Gasteiger partial charge in [-0.25, -0.2) is 0 Å². The Hall–Kier alpha value is -1.32. The van der Waals surface area contributed by atoms with Gasteiger partial charge in [0, 0.05) is 44.7 Å². The molecule has 0 aliphatic carbocycles. The molecule has 2 N–H and O–H groups in total. The Balaban J connectivity index is 0.00000256. The van der Waals surface area contributed by atoms with Crippen LogP contribution in [0.25, 0.3) is 0 Å². The van der Waals surface area contributed by atoms with Crippen LogP contribution >= 0.6 is 35.3 Å². The molecule has 2 aliphatic rings. The third-order valence-corrected chi connectivity index (χ3v) is 6.75. The van der Waals surface area contributed by atoms with E-state index in [2.05, 4.69) is 70.3 Å². The third-order valence-electron chi connectivity index (χ3n) is 5.82. The van der Waals surface area contributed by atoms with Crippen molar-refractivity contribution in [3.63, 3.8) is 0 Å². The molecule has 0 radical (unpaired) electrons. The molecule has 30 heavy (non-hydrogen) atoms. The van der Waals surface area contributed by atoms with Crippen molar-refractivity contribution in [3.8, 4) is 0 Å². The molecule has 1 aromatic carbocycles. The molecule has 0 amide bonds. The monoisotopic (exact) mass is 540 g/mol. The van der Waals surface area contributed by atoms with Crippen molar-refractivity contribution in [2.24, 2.45) is 10.9 Å². The van der Waals surface area contributed by atoms with E-state index in [4.69, 9.17) is 9.73 Å². The molecule has 3 heterocycles. The molecule has 2 atom stereocenters. The first kappa shape index (κ1) is 23.3. The van der Waals surface area contributed by atoms with Gasteiger partial charge in [0.2, 0.25) is 0 Å². The van der Waals surface area contributed by atoms with Gasteiger partial charge in [-0.2, -0.15) is 0 Å². The van der Waals surface area contributed by atoms with Crippen LogP contribution in [0.1, 0.15) is 37.9 Å². The van der Waals surface area contributed by atoms with Gasteiger partial charge in [0.25, 0.3) is 0 Å². The highest BCUT2D eigenvalue weighted by Gasteiger charge is 2.29. The van der Waals surface area contributed by atoms with Crippen molar-refractivity contribution in [2.45, 2.75) is 38.3 Å². The quantitative estimate of drug-likeness (QED) is 0.318. The van der Waals surface area contributed by atoms with Crippen molar-refractivity contribution < 1.29 is 4.74 Å². The van der Waals surface area contributed by atoms with Crippen LogP contribution in [0.3, 0.4) is 0 Å². The Morgan fingerprint density at radius 2 is 1.93 bits per heavy atom. The molecule has 0 spiro atoms. The van der Waals surface area contributed by atoms with Gasteiger partial charge >= 0.3 is 0 Å². The first-order valence-electron chi connectivity index (χ1n) is 10.8. The molecule has 0 saturated carbocycles. The van der Waals surface area contributed by atoms with E-state index < -0.39 is 0 Å². The second kappa shape index (κ2) is 11.9. The van der Waals surface area contributed by atoms with E-state index >= 15 is 0 Å². The molecule has 4 rings (SSSR count). The minimum atomic E-state index is 0. The Labute approximate surface area is 201 Å². The lowest BCUT2D eigenvalue weighted by Crippen LogP contribution is -2.48. The van der Waals surface area contributed by atoms with Crippen molar-refractivity contribution in [2.75, 3.05) is 37.7 Å². The van der Waals surface area contributed by atoms with Crippen molar-refractivity contribution in [3.05, 3.63) is 53.4 Å². The fourth-order valence-corrected chi connectivity index (χ4v) is 5.03. The van der Waals surface area contributed by atoms with Crippen LogP contribution in [0, 0.1) is 5.92 Å². The van der Waals surface area contributed by atoms with E-state index in [1.54, 1.807) is 0 Å². The third kappa shape index (κ3) is 6.11. The van der Waals surface area contributed by atoms with Crippen molar-refractivity contribution in [1.82, 2.24) is 10.6 Å². The maximum Gasteiger partial charge on any atom is 0.191 e. The van der Waals surface area contributed by atoms with Gasteiger partial charge in [-0.05, 0) is 49.3 Å². The highest BCUT2D eigenvalue weighted by Crippen LogP contribution is 2.34. The van der Waals surface area contributed by atoms with Gasteiger partial charge < -0.3 is 20.3 Å². The van der Waals surface area contributed by atoms with Crippen LogP contribution in [0.15, 0.2) is 52.8 Å². The lowest BCUT2D eigenvalue weighted by atomic mass is 9.95. The molecular formula is C23H33IN4OS. The van der Waals surface area contributed by atoms with Gasteiger partial charge in [0.1, 0.15) is 0 Å². The van der Waals surface area contributed by atoms with E-state index in [0.717, 1.165) is 58.0 Å². The van der Waals surface area contributed by atoms with Gasteiger partial charge in [0.05, 0.1) is 11.1 Å². The zero-order valence-corrected chi connectivity index (χ0v) is 20.8. The maximum atomic E-state index is 6.03. The number of halogens is 1. The first-order chi connectivity index (χ1) is 14.3. The summed E-state index contributed by atoms with van der Waals surface area (Å²) in [6, 6.07) is 15.4. The molecule has 164 valence electrons. The van der Waals surface area contributed by atoms with Crippen LogP contribution in [-0.4, -0.2) is 44.8 Å². The van der Waals surface area contributed by atoms with E-state index in [-0.39, 0.29) is 30.1 Å². The first-order valence-corrected chi connectivity index (χ1v) is 11.7. The molecule has 0 bridgehead atoms. The van der Waals surface area contributed by atoms with Gasteiger partial charge in [-0.15, -0.1) is 35.3 Å². The largest absolute Gasteiger partial charge is 0.373 e. The number of hydrogen-bond acceptors (Lipinski definition) is 4. The number of thiophene rings is 1. The summed E-state index contributed by atoms with van der Waals surface area (Å²) in [5.74, 6) is 1.38. The lowest BCUT2D eigenvalue weighted by molar-refractivity contribution is 0.0925. The average Bonchev–Trinajstić information content (AvgIpc) is 3.46. The number of anilines is 1. The molecule has 2 aromatic rings.